The highest BCUT2D eigenvalue weighted by molar-refractivity contribution is 7.89. The van der Waals surface area contributed by atoms with Crippen molar-refractivity contribution in [2.45, 2.75) is 17.4 Å². The molecule has 0 radical (unpaired) electrons. The third-order valence-electron chi connectivity index (χ3n) is 2.81. The first-order valence-corrected chi connectivity index (χ1v) is 7.05. The van der Waals surface area contributed by atoms with Crippen LogP contribution in [0.1, 0.15) is 6.42 Å². The van der Waals surface area contributed by atoms with Crippen LogP contribution in [-0.4, -0.2) is 32.5 Å². The van der Waals surface area contributed by atoms with Crippen LogP contribution in [0.4, 0.5) is 10.1 Å². The number of hydrogen-bond donors (Lipinski definition) is 2. The Morgan fingerprint density at radius 1 is 1.47 bits per heavy atom. The zero-order valence-electron chi connectivity index (χ0n) is 9.80. The number of sulfonamides is 1. The van der Waals surface area contributed by atoms with Gasteiger partial charge >= 0.3 is 5.69 Å². The van der Waals surface area contributed by atoms with Crippen molar-refractivity contribution in [3.05, 3.63) is 34.1 Å². The number of nitro benzene ring substituents is 1. The normalized spacial score (nSPS) is 19.5. The van der Waals surface area contributed by atoms with Gasteiger partial charge in [-0.05, 0) is 19.0 Å². The second-order valence-corrected chi connectivity index (χ2v) is 5.90. The molecule has 1 saturated heterocycles. The summed E-state index contributed by atoms with van der Waals surface area (Å²) in [6.45, 7) is 1.22. The standard InChI is InChI=1S/C10H12FN3O4S/c11-9-5-8(1-2-10(9)14(15)16)19(17,18)13-7-3-4-12-6-7/h1-2,5,7,12-13H,3-4,6H2. The maximum absolute atomic E-state index is 13.4. The van der Waals surface area contributed by atoms with Crippen LogP contribution in [0.2, 0.25) is 0 Å². The molecule has 0 aliphatic carbocycles. The molecule has 9 heteroatoms. The first-order chi connectivity index (χ1) is 8.90. The van der Waals surface area contributed by atoms with E-state index in [1.54, 1.807) is 0 Å². The van der Waals surface area contributed by atoms with E-state index in [9.17, 15) is 22.9 Å². The van der Waals surface area contributed by atoms with Crippen molar-refractivity contribution < 1.29 is 17.7 Å². The summed E-state index contributed by atoms with van der Waals surface area (Å²) in [6, 6.07) is 2.27. The Labute approximate surface area is 109 Å². The number of nitrogens with one attached hydrogen (secondary N) is 2. The molecule has 2 rings (SSSR count). The van der Waals surface area contributed by atoms with Crippen LogP contribution in [0.15, 0.2) is 23.1 Å². The second kappa shape index (κ2) is 5.19. The summed E-state index contributed by atoms with van der Waals surface area (Å²) in [6.07, 6.45) is 0.648. The lowest BCUT2D eigenvalue weighted by Gasteiger charge is -2.11. The summed E-state index contributed by atoms with van der Waals surface area (Å²) in [5.41, 5.74) is -0.749. The van der Waals surface area contributed by atoms with Gasteiger partial charge in [0.05, 0.1) is 9.82 Å². The highest BCUT2D eigenvalue weighted by Crippen LogP contribution is 2.21. The maximum atomic E-state index is 13.4. The highest BCUT2D eigenvalue weighted by atomic mass is 32.2. The molecule has 0 saturated carbocycles. The molecule has 0 aromatic heterocycles. The lowest BCUT2D eigenvalue weighted by atomic mass is 10.3. The van der Waals surface area contributed by atoms with Crippen LogP contribution < -0.4 is 10.0 Å². The second-order valence-electron chi connectivity index (χ2n) is 4.18. The third-order valence-corrected chi connectivity index (χ3v) is 4.33. The van der Waals surface area contributed by atoms with E-state index in [-0.39, 0.29) is 10.9 Å². The topological polar surface area (TPSA) is 101 Å². The molecule has 2 N–H and O–H groups in total. The molecule has 1 aliphatic heterocycles. The fourth-order valence-corrected chi connectivity index (χ4v) is 3.13. The highest BCUT2D eigenvalue weighted by Gasteiger charge is 2.25. The predicted octanol–water partition coefficient (Wildman–Crippen LogP) is 0.374. The minimum absolute atomic E-state index is 0.247. The van der Waals surface area contributed by atoms with Gasteiger partial charge < -0.3 is 5.32 Å². The summed E-state index contributed by atoms with van der Waals surface area (Å²) in [5, 5.41) is 13.4. The van der Waals surface area contributed by atoms with Crippen molar-refractivity contribution in [1.29, 1.82) is 0 Å². The van der Waals surface area contributed by atoms with Crippen molar-refractivity contribution in [1.82, 2.24) is 10.0 Å². The zero-order chi connectivity index (χ0) is 14.0. The first-order valence-electron chi connectivity index (χ1n) is 5.57. The average molecular weight is 289 g/mol. The van der Waals surface area contributed by atoms with Gasteiger partial charge in [-0.15, -0.1) is 0 Å². The quantitative estimate of drug-likeness (QED) is 0.616. The van der Waals surface area contributed by atoms with Gasteiger partial charge in [-0.1, -0.05) is 0 Å². The molecule has 0 spiro atoms. The summed E-state index contributed by atoms with van der Waals surface area (Å²) in [4.78, 5) is 9.23. The molecular formula is C10H12FN3O4S. The van der Waals surface area contributed by atoms with E-state index in [0.717, 1.165) is 12.1 Å². The van der Waals surface area contributed by atoms with Crippen molar-refractivity contribution in [3.63, 3.8) is 0 Å². The Hall–Kier alpha value is -1.58. The Morgan fingerprint density at radius 3 is 2.74 bits per heavy atom. The Balaban J connectivity index is 2.25. The van der Waals surface area contributed by atoms with Gasteiger partial charge in [0.2, 0.25) is 15.8 Å². The van der Waals surface area contributed by atoms with Gasteiger partial charge in [-0.25, -0.2) is 13.1 Å². The van der Waals surface area contributed by atoms with E-state index in [4.69, 9.17) is 0 Å². The SMILES string of the molecule is O=[N+]([O-])c1ccc(S(=O)(=O)NC2CCNC2)cc1F. The number of nitrogens with zero attached hydrogens (tertiary/aromatic N) is 1. The number of halogens is 1. The fraction of sp³-hybridized carbons (Fsp3) is 0.400. The van der Waals surface area contributed by atoms with Crippen molar-refractivity contribution in [2.75, 3.05) is 13.1 Å². The number of hydrogen-bond acceptors (Lipinski definition) is 5. The van der Waals surface area contributed by atoms with E-state index >= 15 is 0 Å². The van der Waals surface area contributed by atoms with Gasteiger partial charge in [-0.3, -0.25) is 10.1 Å². The van der Waals surface area contributed by atoms with E-state index in [0.29, 0.717) is 25.6 Å². The van der Waals surface area contributed by atoms with Crippen LogP contribution in [0, 0.1) is 15.9 Å². The van der Waals surface area contributed by atoms with Crippen molar-refractivity contribution in [2.24, 2.45) is 0 Å². The summed E-state index contributed by atoms with van der Waals surface area (Å²) >= 11 is 0. The fourth-order valence-electron chi connectivity index (χ4n) is 1.85. The monoisotopic (exact) mass is 289 g/mol. The van der Waals surface area contributed by atoms with E-state index in [1.807, 2.05) is 0 Å². The van der Waals surface area contributed by atoms with Gasteiger partial charge in [0.25, 0.3) is 0 Å². The van der Waals surface area contributed by atoms with E-state index in [1.165, 1.54) is 0 Å². The third kappa shape index (κ3) is 3.06. The molecule has 1 aromatic rings. The minimum atomic E-state index is -3.86. The Kier molecular flexibility index (Phi) is 3.78. The summed E-state index contributed by atoms with van der Waals surface area (Å²) in [5.74, 6) is -1.17. The molecule has 19 heavy (non-hydrogen) atoms. The maximum Gasteiger partial charge on any atom is 0.304 e. The molecule has 1 aliphatic rings. The largest absolute Gasteiger partial charge is 0.315 e. The molecule has 7 nitrogen and oxygen atoms in total. The average Bonchev–Trinajstić information content (AvgIpc) is 2.80. The first kappa shape index (κ1) is 13.8. The van der Waals surface area contributed by atoms with Crippen molar-refractivity contribution in [3.8, 4) is 0 Å². The molecule has 1 fully saturated rings. The molecule has 104 valence electrons. The molecule has 1 atom stereocenters. The number of benzene rings is 1. The lowest BCUT2D eigenvalue weighted by Crippen LogP contribution is -2.36. The molecular weight excluding hydrogens is 277 g/mol. The van der Waals surface area contributed by atoms with Gasteiger partial charge in [0.1, 0.15) is 0 Å². The zero-order valence-corrected chi connectivity index (χ0v) is 10.6. The molecule has 1 unspecified atom stereocenters. The van der Waals surface area contributed by atoms with Gasteiger partial charge in [0.15, 0.2) is 0 Å². The van der Waals surface area contributed by atoms with Gasteiger partial charge in [0, 0.05) is 24.7 Å². The van der Waals surface area contributed by atoms with Crippen LogP contribution in [-0.2, 0) is 10.0 Å². The molecule has 1 heterocycles. The molecule has 0 bridgehead atoms. The molecule has 1 aromatic carbocycles. The van der Waals surface area contributed by atoms with E-state index < -0.39 is 26.5 Å². The Morgan fingerprint density at radius 2 is 2.21 bits per heavy atom. The molecule has 0 amide bonds. The van der Waals surface area contributed by atoms with Crippen LogP contribution in [0.5, 0.6) is 0 Å². The van der Waals surface area contributed by atoms with E-state index in [2.05, 4.69) is 10.0 Å². The summed E-state index contributed by atoms with van der Waals surface area (Å²) in [7, 11) is -3.86. The van der Waals surface area contributed by atoms with Crippen LogP contribution >= 0.6 is 0 Å². The lowest BCUT2D eigenvalue weighted by molar-refractivity contribution is -0.387. The predicted molar refractivity (Wildman–Crippen MR) is 64.7 cm³/mol. The summed E-state index contributed by atoms with van der Waals surface area (Å²) < 4.78 is 39.7. The smallest absolute Gasteiger partial charge is 0.304 e. The van der Waals surface area contributed by atoms with Crippen LogP contribution in [0.25, 0.3) is 0 Å². The number of nitro groups is 1. The van der Waals surface area contributed by atoms with Crippen molar-refractivity contribution >= 4 is 15.7 Å². The van der Waals surface area contributed by atoms with Gasteiger partial charge in [-0.2, -0.15) is 4.39 Å². The minimum Gasteiger partial charge on any atom is -0.315 e. The number of rotatable bonds is 4. The Bertz CT molecular complexity index is 599. The van der Waals surface area contributed by atoms with Crippen LogP contribution in [0.3, 0.4) is 0 Å².